The number of rotatable bonds is 9. The molecule has 1 heterocycles. The monoisotopic (exact) mass is 296 g/mol. The smallest absolute Gasteiger partial charge is 0.159 e. The van der Waals surface area contributed by atoms with Gasteiger partial charge in [0.25, 0.3) is 0 Å². The van der Waals surface area contributed by atoms with Crippen molar-refractivity contribution in [1.29, 1.82) is 0 Å². The van der Waals surface area contributed by atoms with Crippen LogP contribution >= 0.6 is 0 Å². The molecule has 0 unspecified atom stereocenters. The molecule has 2 aromatic rings. The molecule has 0 saturated heterocycles. The predicted octanol–water partition coefficient (Wildman–Crippen LogP) is 5.61. The molecule has 0 radical (unpaired) electrons. The van der Waals surface area contributed by atoms with Gasteiger partial charge in [-0.1, -0.05) is 63.8 Å². The van der Waals surface area contributed by atoms with Crippen molar-refractivity contribution in [1.82, 2.24) is 9.97 Å². The molecule has 2 rings (SSSR count). The van der Waals surface area contributed by atoms with Crippen LogP contribution in [0.2, 0.25) is 0 Å². The van der Waals surface area contributed by atoms with Gasteiger partial charge in [0, 0.05) is 18.0 Å². The quantitative estimate of drug-likeness (QED) is 0.562. The van der Waals surface area contributed by atoms with Gasteiger partial charge in [-0.05, 0) is 36.8 Å². The Morgan fingerprint density at radius 2 is 1.23 bits per heavy atom. The van der Waals surface area contributed by atoms with E-state index in [1.807, 2.05) is 12.4 Å². The summed E-state index contributed by atoms with van der Waals surface area (Å²) in [6.07, 6.45) is 13.8. The molecule has 0 fully saturated rings. The molecule has 0 atom stereocenters. The normalized spacial score (nSPS) is 10.8. The van der Waals surface area contributed by atoms with Crippen molar-refractivity contribution in [2.75, 3.05) is 0 Å². The maximum Gasteiger partial charge on any atom is 0.159 e. The van der Waals surface area contributed by atoms with Crippen LogP contribution in [0.5, 0.6) is 0 Å². The molecule has 0 aliphatic carbocycles. The lowest BCUT2D eigenvalue weighted by atomic mass is 10.0. The molecule has 0 bridgehead atoms. The first-order chi connectivity index (χ1) is 10.8. The van der Waals surface area contributed by atoms with E-state index in [4.69, 9.17) is 0 Å². The Labute approximate surface area is 135 Å². The third-order valence-corrected chi connectivity index (χ3v) is 4.06. The van der Waals surface area contributed by atoms with E-state index in [2.05, 4.69) is 48.1 Å². The SMILES string of the molecule is CCCCCc1ccc(-c2ncc(CCCCC)cn2)cc1. The van der Waals surface area contributed by atoms with Gasteiger partial charge in [-0.2, -0.15) is 0 Å². The average Bonchev–Trinajstić information content (AvgIpc) is 2.57. The predicted molar refractivity (Wildman–Crippen MR) is 93.9 cm³/mol. The van der Waals surface area contributed by atoms with Crippen molar-refractivity contribution in [3.8, 4) is 11.4 Å². The zero-order valence-electron chi connectivity index (χ0n) is 14.0. The highest BCUT2D eigenvalue weighted by Crippen LogP contribution is 2.17. The Morgan fingerprint density at radius 1 is 0.682 bits per heavy atom. The second-order valence-corrected chi connectivity index (χ2v) is 6.03. The van der Waals surface area contributed by atoms with Crippen LogP contribution < -0.4 is 0 Å². The molecule has 2 nitrogen and oxygen atoms in total. The van der Waals surface area contributed by atoms with Gasteiger partial charge in [0.15, 0.2) is 5.82 Å². The second kappa shape index (κ2) is 9.34. The summed E-state index contributed by atoms with van der Waals surface area (Å²) in [5.74, 6) is 0.833. The summed E-state index contributed by atoms with van der Waals surface area (Å²) in [6.45, 7) is 4.47. The zero-order chi connectivity index (χ0) is 15.6. The first-order valence-corrected chi connectivity index (χ1v) is 8.73. The Hall–Kier alpha value is -1.70. The van der Waals surface area contributed by atoms with Gasteiger partial charge in [-0.25, -0.2) is 9.97 Å². The average molecular weight is 296 g/mol. The highest BCUT2D eigenvalue weighted by molar-refractivity contribution is 5.55. The summed E-state index contributed by atoms with van der Waals surface area (Å²) in [5.41, 5.74) is 3.76. The largest absolute Gasteiger partial charge is 0.236 e. The second-order valence-electron chi connectivity index (χ2n) is 6.03. The fourth-order valence-corrected chi connectivity index (χ4v) is 2.61. The number of aryl methyl sites for hydroxylation is 2. The van der Waals surface area contributed by atoms with Crippen LogP contribution in [0.25, 0.3) is 11.4 Å². The molecular formula is C20H28N2. The maximum atomic E-state index is 4.52. The van der Waals surface area contributed by atoms with E-state index in [0.717, 1.165) is 17.8 Å². The van der Waals surface area contributed by atoms with Crippen molar-refractivity contribution >= 4 is 0 Å². The summed E-state index contributed by atoms with van der Waals surface area (Å²) >= 11 is 0. The van der Waals surface area contributed by atoms with Gasteiger partial charge in [0.1, 0.15) is 0 Å². The third-order valence-electron chi connectivity index (χ3n) is 4.06. The minimum Gasteiger partial charge on any atom is -0.236 e. The number of hydrogen-bond acceptors (Lipinski definition) is 2. The van der Waals surface area contributed by atoms with Crippen molar-refractivity contribution in [3.63, 3.8) is 0 Å². The Bertz CT molecular complexity index is 477. The summed E-state index contributed by atoms with van der Waals surface area (Å²) in [6, 6.07) is 8.72. The molecule has 22 heavy (non-hydrogen) atoms. The van der Waals surface area contributed by atoms with Crippen LogP contribution in [0, 0.1) is 0 Å². The fraction of sp³-hybridized carbons (Fsp3) is 0.500. The molecular weight excluding hydrogens is 268 g/mol. The van der Waals surface area contributed by atoms with E-state index in [1.165, 1.54) is 56.1 Å². The highest BCUT2D eigenvalue weighted by Gasteiger charge is 2.02. The molecule has 118 valence electrons. The van der Waals surface area contributed by atoms with Crippen LogP contribution in [-0.4, -0.2) is 9.97 Å². The van der Waals surface area contributed by atoms with Gasteiger partial charge in [-0.15, -0.1) is 0 Å². The van der Waals surface area contributed by atoms with E-state index in [-0.39, 0.29) is 0 Å². The van der Waals surface area contributed by atoms with Crippen LogP contribution in [0.4, 0.5) is 0 Å². The lowest BCUT2D eigenvalue weighted by Crippen LogP contribution is -1.93. The number of hydrogen-bond donors (Lipinski definition) is 0. The van der Waals surface area contributed by atoms with E-state index < -0.39 is 0 Å². The molecule has 0 saturated carbocycles. The van der Waals surface area contributed by atoms with Crippen LogP contribution in [-0.2, 0) is 12.8 Å². The first-order valence-electron chi connectivity index (χ1n) is 8.73. The number of benzene rings is 1. The first kappa shape index (κ1) is 16.7. The maximum absolute atomic E-state index is 4.52. The summed E-state index contributed by atoms with van der Waals surface area (Å²) in [4.78, 5) is 9.04. The van der Waals surface area contributed by atoms with Crippen molar-refractivity contribution in [2.24, 2.45) is 0 Å². The molecule has 1 aromatic heterocycles. The number of nitrogens with zero attached hydrogens (tertiary/aromatic N) is 2. The van der Waals surface area contributed by atoms with Crippen LogP contribution in [0.15, 0.2) is 36.7 Å². The van der Waals surface area contributed by atoms with Crippen LogP contribution in [0.1, 0.15) is 63.5 Å². The summed E-state index contributed by atoms with van der Waals surface area (Å²) in [5, 5.41) is 0. The number of aromatic nitrogens is 2. The van der Waals surface area contributed by atoms with Gasteiger partial charge < -0.3 is 0 Å². The third kappa shape index (κ3) is 5.25. The van der Waals surface area contributed by atoms with Gasteiger partial charge >= 0.3 is 0 Å². The van der Waals surface area contributed by atoms with Gasteiger partial charge in [0.05, 0.1) is 0 Å². The lowest BCUT2D eigenvalue weighted by molar-refractivity contribution is 0.714. The molecule has 0 aliphatic rings. The van der Waals surface area contributed by atoms with Crippen molar-refractivity contribution < 1.29 is 0 Å². The van der Waals surface area contributed by atoms with Crippen LogP contribution in [0.3, 0.4) is 0 Å². The molecule has 1 aromatic carbocycles. The summed E-state index contributed by atoms with van der Waals surface area (Å²) in [7, 11) is 0. The van der Waals surface area contributed by atoms with E-state index in [1.54, 1.807) is 0 Å². The Morgan fingerprint density at radius 3 is 1.77 bits per heavy atom. The number of unbranched alkanes of at least 4 members (excludes halogenated alkanes) is 4. The molecule has 0 spiro atoms. The Kier molecular flexibility index (Phi) is 7.08. The molecule has 0 N–H and O–H groups in total. The van der Waals surface area contributed by atoms with E-state index in [9.17, 15) is 0 Å². The van der Waals surface area contributed by atoms with Crippen molar-refractivity contribution in [2.45, 2.75) is 65.2 Å². The minimum atomic E-state index is 0.833. The lowest BCUT2D eigenvalue weighted by Gasteiger charge is -2.05. The highest BCUT2D eigenvalue weighted by atomic mass is 14.9. The zero-order valence-corrected chi connectivity index (χ0v) is 14.0. The van der Waals surface area contributed by atoms with E-state index in [0.29, 0.717) is 0 Å². The molecule has 0 aliphatic heterocycles. The minimum absolute atomic E-state index is 0.833. The Balaban J connectivity index is 1.93. The van der Waals surface area contributed by atoms with E-state index >= 15 is 0 Å². The van der Waals surface area contributed by atoms with Gasteiger partial charge in [-0.3, -0.25) is 0 Å². The van der Waals surface area contributed by atoms with Gasteiger partial charge in [0.2, 0.25) is 0 Å². The summed E-state index contributed by atoms with van der Waals surface area (Å²) < 4.78 is 0. The topological polar surface area (TPSA) is 25.8 Å². The molecule has 0 amide bonds. The molecule has 2 heteroatoms. The standard InChI is InChI=1S/C20H28N2/c1-3-5-7-9-17-11-13-19(14-12-17)20-21-15-18(16-22-20)10-8-6-4-2/h11-16H,3-10H2,1-2H3. The van der Waals surface area contributed by atoms with Crippen molar-refractivity contribution in [3.05, 3.63) is 47.8 Å². The fourth-order valence-electron chi connectivity index (χ4n) is 2.61.